The van der Waals surface area contributed by atoms with Gasteiger partial charge in [0.05, 0.1) is 5.56 Å². The van der Waals surface area contributed by atoms with E-state index < -0.39 is 17.4 Å². The van der Waals surface area contributed by atoms with Crippen molar-refractivity contribution in [3.05, 3.63) is 58.4 Å². The number of nitrogens with one attached hydrogen (secondary N) is 2. The fraction of sp³-hybridized carbons (Fsp3) is 0.125. The standard InChI is InChI=1S/C16H11F3N6O/c1-8-21-13(23-22-8)10-7-20-14-11(9-5-3-2-4-6-9)12(16(17,18)19)24-25(14)15(10)26/h2-7,24H,1H3,(H,21,22,23). The third-order valence-corrected chi connectivity index (χ3v) is 3.84. The van der Waals surface area contributed by atoms with Crippen LogP contribution in [0.3, 0.4) is 0 Å². The number of aromatic nitrogens is 6. The average molecular weight is 360 g/mol. The third-order valence-electron chi connectivity index (χ3n) is 3.84. The summed E-state index contributed by atoms with van der Waals surface area (Å²) in [6, 6.07) is 7.97. The number of rotatable bonds is 2. The summed E-state index contributed by atoms with van der Waals surface area (Å²) in [7, 11) is 0. The lowest BCUT2D eigenvalue weighted by Crippen LogP contribution is -2.18. The van der Waals surface area contributed by atoms with Gasteiger partial charge in [-0.2, -0.15) is 22.8 Å². The maximum atomic E-state index is 13.5. The Morgan fingerprint density at radius 2 is 1.88 bits per heavy atom. The molecule has 0 aliphatic carbocycles. The van der Waals surface area contributed by atoms with Gasteiger partial charge in [-0.15, -0.1) is 0 Å². The largest absolute Gasteiger partial charge is 0.433 e. The molecule has 0 bridgehead atoms. The molecule has 4 aromatic rings. The molecule has 0 aliphatic rings. The first-order valence-corrected chi connectivity index (χ1v) is 7.52. The summed E-state index contributed by atoms with van der Waals surface area (Å²) in [5.74, 6) is 0.538. The molecule has 2 N–H and O–H groups in total. The van der Waals surface area contributed by atoms with Gasteiger partial charge < -0.3 is 0 Å². The molecule has 0 spiro atoms. The van der Waals surface area contributed by atoms with E-state index in [0.29, 0.717) is 11.4 Å². The number of hydrogen-bond acceptors (Lipinski definition) is 4. The van der Waals surface area contributed by atoms with E-state index >= 15 is 0 Å². The van der Waals surface area contributed by atoms with Crippen molar-refractivity contribution >= 4 is 5.65 Å². The Morgan fingerprint density at radius 1 is 1.15 bits per heavy atom. The molecule has 3 heterocycles. The Balaban J connectivity index is 2.05. The van der Waals surface area contributed by atoms with Gasteiger partial charge in [-0.05, 0) is 12.5 Å². The summed E-state index contributed by atoms with van der Waals surface area (Å²) in [5, 5.41) is 8.58. The van der Waals surface area contributed by atoms with Gasteiger partial charge in [0.2, 0.25) is 0 Å². The van der Waals surface area contributed by atoms with Crippen molar-refractivity contribution in [1.82, 2.24) is 29.8 Å². The van der Waals surface area contributed by atoms with Crippen molar-refractivity contribution in [1.29, 1.82) is 0 Å². The van der Waals surface area contributed by atoms with Crippen LogP contribution in [-0.4, -0.2) is 29.8 Å². The lowest BCUT2D eigenvalue weighted by atomic mass is 10.1. The minimum Gasteiger partial charge on any atom is -0.284 e. The Morgan fingerprint density at radius 3 is 2.50 bits per heavy atom. The predicted molar refractivity (Wildman–Crippen MR) is 86.4 cm³/mol. The van der Waals surface area contributed by atoms with Crippen molar-refractivity contribution in [2.75, 3.05) is 0 Å². The van der Waals surface area contributed by atoms with Crippen LogP contribution in [-0.2, 0) is 6.18 Å². The van der Waals surface area contributed by atoms with Crippen LogP contribution >= 0.6 is 0 Å². The summed E-state index contributed by atoms with van der Waals surface area (Å²) in [5.41, 5.74) is -1.79. The number of aryl methyl sites for hydroxylation is 1. The molecule has 0 fully saturated rings. The summed E-state index contributed by atoms with van der Waals surface area (Å²) in [6.45, 7) is 1.64. The SMILES string of the molecule is Cc1nc(-c2cnc3c(-c4ccccc4)c(C(F)(F)F)[nH]n3c2=O)n[nH]1. The van der Waals surface area contributed by atoms with Gasteiger partial charge >= 0.3 is 6.18 Å². The second-order valence-corrected chi connectivity index (χ2v) is 5.61. The molecule has 1 aromatic carbocycles. The number of aromatic amines is 2. The maximum absolute atomic E-state index is 13.5. The van der Waals surface area contributed by atoms with Crippen LogP contribution in [0.4, 0.5) is 13.2 Å². The van der Waals surface area contributed by atoms with E-state index in [1.165, 1.54) is 18.3 Å². The second kappa shape index (κ2) is 5.55. The van der Waals surface area contributed by atoms with Gasteiger partial charge in [0.25, 0.3) is 5.56 Å². The van der Waals surface area contributed by atoms with Crippen molar-refractivity contribution in [3.63, 3.8) is 0 Å². The Bertz CT molecular complexity index is 1160. The molecular formula is C16H11F3N6O. The number of nitrogens with zero attached hydrogens (tertiary/aromatic N) is 4. The summed E-state index contributed by atoms with van der Waals surface area (Å²) in [4.78, 5) is 20.8. The molecule has 3 aromatic heterocycles. The van der Waals surface area contributed by atoms with Crippen molar-refractivity contribution in [2.45, 2.75) is 13.1 Å². The van der Waals surface area contributed by atoms with Crippen LogP contribution in [0.1, 0.15) is 11.5 Å². The molecule has 4 rings (SSSR count). The number of fused-ring (bicyclic) bond motifs is 1. The first kappa shape index (κ1) is 16.1. The molecule has 0 radical (unpaired) electrons. The highest BCUT2D eigenvalue weighted by Crippen LogP contribution is 2.37. The Kier molecular flexibility index (Phi) is 3.43. The van der Waals surface area contributed by atoms with Gasteiger partial charge in [-0.3, -0.25) is 15.0 Å². The molecular weight excluding hydrogens is 349 g/mol. The van der Waals surface area contributed by atoms with Gasteiger partial charge in [0.15, 0.2) is 11.5 Å². The zero-order chi connectivity index (χ0) is 18.5. The van der Waals surface area contributed by atoms with Crippen LogP contribution in [0.15, 0.2) is 41.3 Å². The van der Waals surface area contributed by atoms with E-state index in [0.717, 1.165) is 4.52 Å². The lowest BCUT2D eigenvalue weighted by Gasteiger charge is -2.06. The van der Waals surface area contributed by atoms with Crippen molar-refractivity contribution in [3.8, 4) is 22.5 Å². The predicted octanol–water partition coefficient (Wildman–Crippen LogP) is 2.80. The quantitative estimate of drug-likeness (QED) is 0.575. The molecule has 0 saturated heterocycles. The van der Waals surface area contributed by atoms with E-state index in [1.54, 1.807) is 25.1 Å². The summed E-state index contributed by atoms with van der Waals surface area (Å²) >= 11 is 0. The minimum absolute atomic E-state index is 0.0126. The number of hydrogen-bond donors (Lipinski definition) is 2. The fourth-order valence-electron chi connectivity index (χ4n) is 2.71. The minimum atomic E-state index is -4.69. The maximum Gasteiger partial charge on any atom is 0.433 e. The van der Waals surface area contributed by atoms with E-state index in [2.05, 4.69) is 25.3 Å². The first-order chi connectivity index (χ1) is 12.4. The van der Waals surface area contributed by atoms with Gasteiger partial charge in [0.1, 0.15) is 17.1 Å². The molecule has 0 aliphatic heterocycles. The van der Waals surface area contributed by atoms with Gasteiger partial charge in [-0.1, -0.05) is 30.3 Å². The highest BCUT2D eigenvalue weighted by atomic mass is 19.4. The second-order valence-electron chi connectivity index (χ2n) is 5.61. The zero-order valence-electron chi connectivity index (χ0n) is 13.3. The highest BCUT2D eigenvalue weighted by molar-refractivity contribution is 5.80. The lowest BCUT2D eigenvalue weighted by molar-refractivity contribution is -0.140. The monoisotopic (exact) mass is 360 g/mol. The molecule has 10 heteroatoms. The fourth-order valence-corrected chi connectivity index (χ4v) is 2.71. The molecule has 132 valence electrons. The Hall–Kier alpha value is -3.43. The van der Waals surface area contributed by atoms with E-state index in [-0.39, 0.29) is 22.6 Å². The normalized spacial score (nSPS) is 12.0. The van der Waals surface area contributed by atoms with Gasteiger partial charge in [-0.25, -0.2) is 9.97 Å². The smallest absolute Gasteiger partial charge is 0.284 e. The van der Waals surface area contributed by atoms with Crippen molar-refractivity contribution in [2.24, 2.45) is 0 Å². The average Bonchev–Trinajstić information content (AvgIpc) is 3.20. The number of H-pyrrole nitrogens is 2. The molecule has 0 atom stereocenters. The van der Waals surface area contributed by atoms with Crippen LogP contribution in [0.25, 0.3) is 28.2 Å². The van der Waals surface area contributed by atoms with Crippen LogP contribution < -0.4 is 5.56 Å². The Labute approximate surface area is 143 Å². The number of benzene rings is 1. The number of alkyl halides is 3. The van der Waals surface area contributed by atoms with Crippen LogP contribution in [0.2, 0.25) is 0 Å². The van der Waals surface area contributed by atoms with Crippen molar-refractivity contribution < 1.29 is 13.2 Å². The summed E-state index contributed by atoms with van der Waals surface area (Å²) < 4.78 is 41.4. The molecule has 0 unspecified atom stereocenters. The number of halogens is 3. The van der Waals surface area contributed by atoms with Crippen LogP contribution in [0.5, 0.6) is 0 Å². The molecule has 0 amide bonds. The summed E-state index contributed by atoms with van der Waals surface area (Å²) in [6.07, 6.45) is -3.51. The highest BCUT2D eigenvalue weighted by Gasteiger charge is 2.38. The third kappa shape index (κ3) is 2.46. The molecule has 7 nitrogen and oxygen atoms in total. The molecule has 0 saturated carbocycles. The zero-order valence-corrected chi connectivity index (χ0v) is 13.3. The van der Waals surface area contributed by atoms with E-state index in [1.807, 2.05) is 0 Å². The van der Waals surface area contributed by atoms with E-state index in [9.17, 15) is 18.0 Å². The van der Waals surface area contributed by atoms with E-state index in [4.69, 9.17) is 0 Å². The van der Waals surface area contributed by atoms with Gasteiger partial charge in [0, 0.05) is 6.20 Å². The topological polar surface area (TPSA) is 91.7 Å². The molecule has 26 heavy (non-hydrogen) atoms. The van der Waals surface area contributed by atoms with Crippen LogP contribution in [0, 0.1) is 6.92 Å². The first-order valence-electron chi connectivity index (χ1n) is 7.52.